The lowest BCUT2D eigenvalue weighted by Gasteiger charge is -2.16. The normalized spacial score (nSPS) is 12.2. The topological polar surface area (TPSA) is 32.6 Å². The number of hydrogen-bond donors (Lipinski definition) is 0. The molecular weight excluding hydrogens is 1090 g/mol. The van der Waals surface area contributed by atoms with E-state index >= 15 is 0 Å². The van der Waals surface area contributed by atoms with Crippen LogP contribution in [-0.4, -0.2) is 23.3 Å². The van der Waals surface area contributed by atoms with Gasteiger partial charge < -0.3 is 13.7 Å². The first-order chi connectivity index (χ1) is 44.8. The minimum absolute atomic E-state index is 0.929. The predicted molar refractivity (Wildman–Crippen MR) is 377 cm³/mol. The van der Waals surface area contributed by atoms with Gasteiger partial charge in [0.15, 0.2) is 0 Å². The van der Waals surface area contributed by atoms with Gasteiger partial charge in [-0.3, -0.25) is 4.57 Å². The van der Waals surface area contributed by atoms with Gasteiger partial charge >= 0.3 is 0 Å². The highest BCUT2D eigenvalue weighted by molar-refractivity contribution is 6.42. The molecule has 90 heavy (non-hydrogen) atoms. The summed E-state index contributed by atoms with van der Waals surface area (Å²) in [5.74, 6) is 0.929. The van der Waals surface area contributed by atoms with E-state index in [2.05, 4.69) is 316 Å². The molecule has 14 aromatic carbocycles. The Morgan fingerprint density at radius 1 is 0.200 bits per heavy atom. The molecule has 0 aliphatic heterocycles. The highest BCUT2D eigenvalue weighted by Gasteiger charge is 2.32. The largest absolute Gasteiger partial charge is 0.309 e. The molecule has 0 fully saturated rings. The molecule has 5 nitrogen and oxygen atoms in total. The van der Waals surface area contributed by atoms with Gasteiger partial charge in [-0.2, -0.15) is 0 Å². The standard InChI is InChI=1S/C46H28N2.C39H23N3/c1-3-14-29(15-4-1)30-16-11-19-32(28-30)48-40-27-13-24-36-34-21-8-7-20-33(34)35-23-12-25-38-41(35)44(42(36)40)46(48)43-37-22-9-10-26-39(37)47(45(38)43)31-17-5-2-6-18-31;1-2-12-24(13-3-1)41-31-20-7-6-16-29(31)36-38(41)30-19-10-17-27-25-14-4-5-15-26(25)28-18-11-21-32-35(28)37(34(27)30)39(36)42(32)33-22-8-9-23-40-33/h1-28H;1-23H. The van der Waals surface area contributed by atoms with Crippen LogP contribution in [0.3, 0.4) is 0 Å². The first-order valence-electron chi connectivity index (χ1n) is 31.0. The van der Waals surface area contributed by atoms with E-state index < -0.39 is 0 Å². The molecule has 0 saturated carbocycles. The van der Waals surface area contributed by atoms with Gasteiger partial charge in [0.1, 0.15) is 5.82 Å². The summed E-state index contributed by atoms with van der Waals surface area (Å²) in [5.41, 5.74) is 25.9. The SMILES string of the molecule is c1ccc(-c2cccc(-n3c4cccc5c4c4c6c(cccc6c6c(c7ccccc7n6-c6ccccc6)c43)-c3ccccc3-5)c2)cc1.c1ccc(-n2c3ccccc3c3c2c2cccc4c2c2c5c(cccc5n(-c5ccccn5)c23)-c2ccccc2-4)cc1. The van der Waals surface area contributed by atoms with Gasteiger partial charge in [-0.25, -0.2) is 4.98 Å². The fraction of sp³-hybridized carbons (Fsp3) is 0. The van der Waals surface area contributed by atoms with Crippen LogP contribution >= 0.6 is 0 Å². The molecular formula is C85H51N5. The van der Waals surface area contributed by atoms with Crippen LogP contribution in [0.4, 0.5) is 0 Å². The molecule has 0 N–H and O–H groups in total. The zero-order valence-electron chi connectivity index (χ0n) is 48.7. The monoisotopic (exact) mass is 1140 g/mol. The van der Waals surface area contributed by atoms with Crippen LogP contribution in [0.15, 0.2) is 310 Å². The van der Waals surface area contributed by atoms with Crippen LogP contribution < -0.4 is 0 Å². The quantitative estimate of drug-likeness (QED) is 0.169. The summed E-state index contributed by atoms with van der Waals surface area (Å²) in [6.45, 7) is 0. The molecule has 2 aliphatic rings. The molecule has 0 unspecified atom stereocenters. The van der Waals surface area contributed by atoms with E-state index in [1.165, 1.54) is 170 Å². The van der Waals surface area contributed by atoms with Crippen LogP contribution in [-0.2, 0) is 0 Å². The molecule has 5 heterocycles. The number of aromatic nitrogens is 5. The summed E-state index contributed by atoms with van der Waals surface area (Å²) < 4.78 is 9.90. The Balaban J connectivity index is 0.000000127. The number of benzene rings is 14. The average molecular weight is 1140 g/mol. The average Bonchev–Trinajstić information content (AvgIpc) is 1.52. The maximum atomic E-state index is 4.92. The second kappa shape index (κ2) is 18.7. The molecule has 0 saturated heterocycles. The van der Waals surface area contributed by atoms with Gasteiger partial charge in [-0.1, -0.05) is 231 Å². The number of fused-ring (bicyclic) bond motifs is 16. The molecule has 0 spiro atoms. The molecule has 0 atom stereocenters. The summed E-state index contributed by atoms with van der Waals surface area (Å²) in [6.07, 6.45) is 1.90. The summed E-state index contributed by atoms with van der Waals surface area (Å²) in [6, 6.07) is 111. The van der Waals surface area contributed by atoms with Gasteiger partial charge in [0.05, 0.1) is 44.1 Å². The van der Waals surface area contributed by atoms with Crippen LogP contribution in [0.1, 0.15) is 0 Å². The van der Waals surface area contributed by atoms with Crippen molar-refractivity contribution in [2.75, 3.05) is 0 Å². The van der Waals surface area contributed by atoms with Crippen LogP contribution in [0, 0.1) is 0 Å². The van der Waals surface area contributed by atoms with Gasteiger partial charge in [0.25, 0.3) is 0 Å². The summed E-state index contributed by atoms with van der Waals surface area (Å²) in [4.78, 5) is 4.92. The molecule has 5 heteroatoms. The number of rotatable bonds is 5. The zero-order chi connectivity index (χ0) is 58.7. The van der Waals surface area contributed by atoms with Crippen molar-refractivity contribution >= 4 is 109 Å². The highest BCUT2D eigenvalue weighted by atomic mass is 15.1. The minimum Gasteiger partial charge on any atom is -0.309 e. The molecule has 0 radical (unpaired) electrons. The summed E-state index contributed by atoms with van der Waals surface area (Å²) in [5, 5.41) is 15.4. The maximum Gasteiger partial charge on any atom is 0.137 e. The molecule has 0 amide bonds. The Morgan fingerprint density at radius 2 is 0.556 bits per heavy atom. The van der Waals surface area contributed by atoms with E-state index in [1.807, 2.05) is 12.3 Å². The Bertz CT molecular complexity index is 6240. The number of hydrogen-bond acceptors (Lipinski definition) is 1. The molecule has 2 aliphatic carbocycles. The molecule has 21 rings (SSSR count). The van der Waals surface area contributed by atoms with Gasteiger partial charge in [-0.15, -0.1) is 0 Å². The number of pyridine rings is 1. The lowest BCUT2D eigenvalue weighted by atomic mass is 9.92. The van der Waals surface area contributed by atoms with E-state index in [1.54, 1.807) is 0 Å². The second-order valence-electron chi connectivity index (χ2n) is 24.0. The molecule has 5 aromatic heterocycles. The Labute approximate surface area is 517 Å². The van der Waals surface area contributed by atoms with E-state index in [4.69, 9.17) is 4.98 Å². The summed E-state index contributed by atoms with van der Waals surface area (Å²) in [7, 11) is 0. The van der Waals surface area contributed by atoms with Gasteiger partial charge in [-0.05, 0) is 128 Å². The van der Waals surface area contributed by atoms with E-state index in [0.717, 1.165) is 17.2 Å². The van der Waals surface area contributed by atoms with Crippen molar-refractivity contribution in [2.24, 2.45) is 0 Å². The summed E-state index contributed by atoms with van der Waals surface area (Å²) >= 11 is 0. The van der Waals surface area contributed by atoms with E-state index in [0.29, 0.717) is 0 Å². The smallest absolute Gasteiger partial charge is 0.137 e. The van der Waals surface area contributed by atoms with Gasteiger partial charge in [0, 0.05) is 87.9 Å². The van der Waals surface area contributed by atoms with Crippen LogP contribution in [0.25, 0.3) is 187 Å². The van der Waals surface area contributed by atoms with Crippen molar-refractivity contribution < 1.29 is 0 Å². The van der Waals surface area contributed by atoms with E-state index in [-0.39, 0.29) is 0 Å². The number of nitrogens with zero attached hydrogens (tertiary/aromatic N) is 5. The van der Waals surface area contributed by atoms with Crippen LogP contribution in [0.2, 0.25) is 0 Å². The van der Waals surface area contributed by atoms with Crippen molar-refractivity contribution in [1.29, 1.82) is 0 Å². The zero-order valence-corrected chi connectivity index (χ0v) is 48.7. The fourth-order valence-corrected chi connectivity index (χ4v) is 16.1. The van der Waals surface area contributed by atoms with Crippen LogP contribution in [0.5, 0.6) is 0 Å². The predicted octanol–water partition coefficient (Wildman–Crippen LogP) is 22.4. The molecule has 19 aromatic rings. The van der Waals surface area contributed by atoms with Crippen molar-refractivity contribution in [3.63, 3.8) is 0 Å². The van der Waals surface area contributed by atoms with Gasteiger partial charge in [0.2, 0.25) is 0 Å². The maximum absolute atomic E-state index is 4.92. The Kier molecular flexibility index (Phi) is 10.2. The third kappa shape index (κ3) is 6.62. The third-order valence-corrected chi connectivity index (χ3v) is 19.5. The minimum atomic E-state index is 0.929. The lowest BCUT2D eigenvalue weighted by Crippen LogP contribution is -1.98. The van der Waals surface area contributed by atoms with E-state index in [9.17, 15) is 0 Å². The van der Waals surface area contributed by atoms with Crippen molar-refractivity contribution in [1.82, 2.24) is 23.3 Å². The highest BCUT2D eigenvalue weighted by Crippen LogP contribution is 2.56. The number of para-hydroxylation sites is 4. The lowest BCUT2D eigenvalue weighted by molar-refractivity contribution is 1.08. The molecule has 0 bridgehead atoms. The first-order valence-corrected chi connectivity index (χ1v) is 31.0. The fourth-order valence-electron chi connectivity index (χ4n) is 16.1. The van der Waals surface area contributed by atoms with Crippen molar-refractivity contribution in [2.45, 2.75) is 0 Å². The second-order valence-corrected chi connectivity index (χ2v) is 24.0. The molecule has 416 valence electrons. The Morgan fingerprint density at radius 3 is 1.07 bits per heavy atom. The van der Waals surface area contributed by atoms with Crippen molar-refractivity contribution in [3.8, 4) is 78.5 Å². The third-order valence-electron chi connectivity index (χ3n) is 19.5. The Hall–Kier alpha value is -12.1. The van der Waals surface area contributed by atoms with Crippen molar-refractivity contribution in [3.05, 3.63) is 310 Å². The first kappa shape index (κ1) is 49.1.